The van der Waals surface area contributed by atoms with Crippen LogP contribution in [-0.2, 0) is 0 Å². The van der Waals surface area contributed by atoms with Crippen molar-refractivity contribution in [3.8, 4) is 0 Å². The standard InChI is InChI=1S/C11H16ClFN4/c1-16-2-4-17(5-3-16)15-11-7-9(13)8(12)6-10(11)14/h6-7,15H,2-5,14H2,1H3. The molecule has 0 aromatic heterocycles. The lowest BCUT2D eigenvalue weighted by Gasteiger charge is -2.33. The van der Waals surface area contributed by atoms with Gasteiger partial charge in [-0.05, 0) is 13.1 Å². The maximum atomic E-state index is 13.3. The maximum absolute atomic E-state index is 13.3. The largest absolute Gasteiger partial charge is 0.397 e. The first-order chi connectivity index (χ1) is 8.06. The van der Waals surface area contributed by atoms with Gasteiger partial charge in [0.05, 0.1) is 16.4 Å². The molecule has 1 saturated heterocycles. The minimum atomic E-state index is -0.461. The van der Waals surface area contributed by atoms with E-state index in [1.54, 1.807) is 0 Å². The van der Waals surface area contributed by atoms with E-state index < -0.39 is 5.82 Å². The number of halogens is 2. The van der Waals surface area contributed by atoms with Gasteiger partial charge in [-0.15, -0.1) is 0 Å². The fraction of sp³-hybridized carbons (Fsp3) is 0.455. The summed E-state index contributed by atoms with van der Waals surface area (Å²) in [4.78, 5) is 2.24. The first-order valence-electron chi connectivity index (χ1n) is 5.51. The molecule has 0 aliphatic carbocycles. The first-order valence-corrected chi connectivity index (χ1v) is 5.89. The fourth-order valence-electron chi connectivity index (χ4n) is 1.75. The molecule has 17 heavy (non-hydrogen) atoms. The van der Waals surface area contributed by atoms with Gasteiger partial charge in [-0.1, -0.05) is 11.6 Å². The molecule has 0 unspecified atom stereocenters. The highest BCUT2D eigenvalue weighted by Crippen LogP contribution is 2.26. The first kappa shape index (κ1) is 12.4. The summed E-state index contributed by atoms with van der Waals surface area (Å²) in [5.74, 6) is -0.461. The van der Waals surface area contributed by atoms with E-state index in [0.717, 1.165) is 26.2 Å². The average molecular weight is 259 g/mol. The summed E-state index contributed by atoms with van der Waals surface area (Å²) in [6.45, 7) is 3.70. The molecule has 0 spiro atoms. The van der Waals surface area contributed by atoms with Crippen molar-refractivity contribution in [1.29, 1.82) is 0 Å². The van der Waals surface area contributed by atoms with E-state index in [9.17, 15) is 4.39 Å². The second kappa shape index (κ2) is 5.08. The van der Waals surface area contributed by atoms with Gasteiger partial charge in [-0.25, -0.2) is 9.40 Å². The van der Waals surface area contributed by atoms with Gasteiger partial charge >= 0.3 is 0 Å². The number of nitrogens with one attached hydrogen (secondary N) is 1. The Morgan fingerprint density at radius 2 is 1.94 bits per heavy atom. The van der Waals surface area contributed by atoms with Crippen LogP contribution in [0.3, 0.4) is 0 Å². The van der Waals surface area contributed by atoms with Crippen LogP contribution in [0, 0.1) is 5.82 Å². The monoisotopic (exact) mass is 258 g/mol. The third-order valence-electron chi connectivity index (χ3n) is 2.87. The van der Waals surface area contributed by atoms with Crippen LogP contribution in [0.25, 0.3) is 0 Å². The van der Waals surface area contributed by atoms with E-state index in [1.807, 2.05) is 5.01 Å². The molecule has 94 valence electrons. The van der Waals surface area contributed by atoms with Crippen LogP contribution in [0.2, 0.25) is 5.02 Å². The number of hydrogen-bond donors (Lipinski definition) is 2. The van der Waals surface area contributed by atoms with E-state index in [2.05, 4.69) is 17.4 Å². The number of hydrazine groups is 1. The minimum absolute atomic E-state index is 0.0476. The molecule has 0 bridgehead atoms. The molecule has 0 radical (unpaired) electrons. The number of nitrogens with zero attached hydrogens (tertiary/aromatic N) is 2. The number of nitrogen functional groups attached to an aromatic ring is 1. The van der Waals surface area contributed by atoms with Gasteiger partial charge in [0.2, 0.25) is 0 Å². The van der Waals surface area contributed by atoms with Crippen molar-refractivity contribution in [3.05, 3.63) is 23.0 Å². The molecule has 2 rings (SSSR count). The Hall–Kier alpha value is -1.04. The number of nitrogens with two attached hydrogens (primary N) is 1. The van der Waals surface area contributed by atoms with Crippen LogP contribution >= 0.6 is 11.6 Å². The van der Waals surface area contributed by atoms with Crippen molar-refractivity contribution in [3.63, 3.8) is 0 Å². The van der Waals surface area contributed by atoms with Gasteiger partial charge < -0.3 is 16.1 Å². The summed E-state index contributed by atoms with van der Waals surface area (Å²) in [6, 6.07) is 2.76. The molecule has 0 amide bonds. The summed E-state index contributed by atoms with van der Waals surface area (Å²) in [5, 5.41) is 2.07. The van der Waals surface area contributed by atoms with Crippen LogP contribution in [0.5, 0.6) is 0 Å². The number of piperazine rings is 1. The average Bonchev–Trinajstić information content (AvgIpc) is 2.29. The molecule has 1 aliphatic rings. The highest BCUT2D eigenvalue weighted by atomic mass is 35.5. The zero-order valence-corrected chi connectivity index (χ0v) is 10.5. The lowest BCUT2D eigenvalue weighted by Crippen LogP contribution is -2.47. The molecule has 0 saturated carbocycles. The molecule has 1 aromatic carbocycles. The van der Waals surface area contributed by atoms with Gasteiger partial charge in [0.15, 0.2) is 0 Å². The number of hydrogen-bond acceptors (Lipinski definition) is 4. The molecule has 6 heteroatoms. The smallest absolute Gasteiger partial charge is 0.144 e. The lowest BCUT2D eigenvalue weighted by atomic mass is 10.2. The van der Waals surface area contributed by atoms with Crippen LogP contribution < -0.4 is 11.2 Å². The summed E-state index contributed by atoms with van der Waals surface area (Å²) >= 11 is 5.64. The highest BCUT2D eigenvalue weighted by Gasteiger charge is 2.15. The van der Waals surface area contributed by atoms with Crippen LogP contribution in [-0.4, -0.2) is 43.1 Å². The van der Waals surface area contributed by atoms with E-state index in [1.165, 1.54) is 12.1 Å². The maximum Gasteiger partial charge on any atom is 0.144 e. The van der Waals surface area contributed by atoms with E-state index in [0.29, 0.717) is 11.4 Å². The Kier molecular flexibility index (Phi) is 3.71. The summed E-state index contributed by atoms with van der Waals surface area (Å²) in [5.41, 5.74) is 9.92. The quantitative estimate of drug-likeness (QED) is 0.792. The predicted molar refractivity (Wildman–Crippen MR) is 68.5 cm³/mol. The van der Waals surface area contributed by atoms with Crippen molar-refractivity contribution in [2.24, 2.45) is 0 Å². The van der Waals surface area contributed by atoms with Gasteiger partial charge in [0, 0.05) is 32.2 Å². The van der Waals surface area contributed by atoms with Crippen LogP contribution in [0.15, 0.2) is 12.1 Å². The van der Waals surface area contributed by atoms with Crippen molar-refractivity contribution in [2.45, 2.75) is 0 Å². The minimum Gasteiger partial charge on any atom is -0.397 e. The molecule has 1 aromatic rings. The van der Waals surface area contributed by atoms with E-state index >= 15 is 0 Å². The summed E-state index contributed by atoms with van der Waals surface area (Å²) < 4.78 is 13.3. The predicted octanol–water partition coefficient (Wildman–Crippen LogP) is 1.64. The van der Waals surface area contributed by atoms with Gasteiger partial charge in [-0.3, -0.25) is 0 Å². The highest BCUT2D eigenvalue weighted by molar-refractivity contribution is 6.31. The third-order valence-corrected chi connectivity index (χ3v) is 3.16. The zero-order valence-electron chi connectivity index (χ0n) is 9.71. The molecule has 1 aliphatic heterocycles. The second-order valence-corrected chi connectivity index (χ2v) is 4.66. The van der Waals surface area contributed by atoms with Gasteiger partial charge in [0.25, 0.3) is 0 Å². The molecule has 1 heterocycles. The number of anilines is 2. The third kappa shape index (κ3) is 3.00. The van der Waals surface area contributed by atoms with Crippen LogP contribution in [0.4, 0.5) is 15.8 Å². The Morgan fingerprint density at radius 3 is 2.59 bits per heavy atom. The SMILES string of the molecule is CN1CCN(Nc2cc(F)c(Cl)cc2N)CC1. The number of likely N-dealkylation sites (N-methyl/N-ethyl adjacent to an activating group) is 1. The normalized spacial score (nSPS) is 18.3. The van der Waals surface area contributed by atoms with Crippen molar-refractivity contribution in [2.75, 3.05) is 44.4 Å². The van der Waals surface area contributed by atoms with Crippen LogP contribution in [0.1, 0.15) is 0 Å². The van der Waals surface area contributed by atoms with Gasteiger partial charge in [0.1, 0.15) is 5.82 Å². The number of benzene rings is 1. The summed E-state index contributed by atoms with van der Waals surface area (Å²) in [6.07, 6.45) is 0. The molecule has 1 fully saturated rings. The second-order valence-electron chi connectivity index (χ2n) is 4.26. The number of rotatable bonds is 2. The molecule has 0 atom stereocenters. The molecule has 4 nitrogen and oxygen atoms in total. The van der Waals surface area contributed by atoms with Gasteiger partial charge in [-0.2, -0.15) is 0 Å². The van der Waals surface area contributed by atoms with Crippen molar-refractivity contribution in [1.82, 2.24) is 9.91 Å². The van der Waals surface area contributed by atoms with Crippen molar-refractivity contribution < 1.29 is 4.39 Å². The van der Waals surface area contributed by atoms with E-state index in [-0.39, 0.29) is 5.02 Å². The Balaban J connectivity index is 2.06. The Bertz CT molecular complexity index is 405. The van der Waals surface area contributed by atoms with Crippen molar-refractivity contribution >= 4 is 23.0 Å². The summed E-state index contributed by atoms with van der Waals surface area (Å²) in [7, 11) is 2.08. The Labute approximate surface area is 105 Å². The molecular formula is C11H16ClFN4. The lowest BCUT2D eigenvalue weighted by molar-refractivity contribution is 0.179. The zero-order chi connectivity index (χ0) is 12.4. The topological polar surface area (TPSA) is 44.5 Å². The Morgan fingerprint density at radius 1 is 1.29 bits per heavy atom. The molecule has 3 N–H and O–H groups in total. The molecular weight excluding hydrogens is 243 g/mol. The fourth-order valence-corrected chi connectivity index (χ4v) is 1.92. The van der Waals surface area contributed by atoms with E-state index in [4.69, 9.17) is 17.3 Å².